The quantitative estimate of drug-likeness (QED) is 0.562. The number of fused-ring (bicyclic) bond motifs is 1. The second kappa shape index (κ2) is 6.72. The molecule has 0 saturated heterocycles. The van der Waals surface area contributed by atoms with Crippen LogP contribution in [0, 0.1) is 5.82 Å². The van der Waals surface area contributed by atoms with Crippen molar-refractivity contribution >= 4 is 28.1 Å². The molecule has 0 fully saturated rings. The standard InChI is InChI=1S/C20H16FN3OS/c1-24(12-14-5-4-10-26-14)20-16-11-13(21)8-9-17(16)22-19(23-20)15-6-2-3-7-18(15)25/h2-11,25H,12H2,1H3. The third kappa shape index (κ3) is 3.11. The number of hydrogen-bond donors (Lipinski definition) is 1. The molecule has 26 heavy (non-hydrogen) atoms. The number of nitrogens with zero attached hydrogens (tertiary/aromatic N) is 3. The van der Waals surface area contributed by atoms with Crippen molar-refractivity contribution in [3.05, 3.63) is 70.7 Å². The Labute approximate surface area is 154 Å². The fourth-order valence-electron chi connectivity index (χ4n) is 2.87. The molecular formula is C20H16FN3OS. The van der Waals surface area contributed by atoms with Gasteiger partial charge >= 0.3 is 0 Å². The highest BCUT2D eigenvalue weighted by atomic mass is 32.1. The van der Waals surface area contributed by atoms with E-state index in [1.165, 1.54) is 17.0 Å². The molecule has 2 aromatic carbocycles. The SMILES string of the molecule is CN(Cc1cccs1)c1nc(-c2ccccc2O)nc2ccc(F)cc12. The highest BCUT2D eigenvalue weighted by Crippen LogP contribution is 2.32. The number of hydrogen-bond acceptors (Lipinski definition) is 5. The minimum absolute atomic E-state index is 0.112. The minimum Gasteiger partial charge on any atom is -0.507 e. The summed E-state index contributed by atoms with van der Waals surface area (Å²) >= 11 is 1.66. The van der Waals surface area contributed by atoms with Gasteiger partial charge in [-0.15, -0.1) is 11.3 Å². The Morgan fingerprint density at radius 2 is 1.92 bits per heavy atom. The van der Waals surface area contributed by atoms with E-state index in [1.807, 2.05) is 29.5 Å². The van der Waals surface area contributed by atoms with Gasteiger partial charge in [-0.05, 0) is 41.8 Å². The lowest BCUT2D eigenvalue weighted by molar-refractivity contribution is 0.477. The second-order valence-corrected chi connectivity index (χ2v) is 7.02. The first-order valence-corrected chi connectivity index (χ1v) is 8.99. The van der Waals surface area contributed by atoms with Gasteiger partial charge in [-0.3, -0.25) is 0 Å². The Morgan fingerprint density at radius 3 is 2.69 bits per heavy atom. The minimum atomic E-state index is -0.331. The van der Waals surface area contributed by atoms with Crippen molar-refractivity contribution in [1.82, 2.24) is 9.97 Å². The van der Waals surface area contributed by atoms with Crippen molar-refractivity contribution in [2.75, 3.05) is 11.9 Å². The lowest BCUT2D eigenvalue weighted by Crippen LogP contribution is -2.18. The normalized spacial score (nSPS) is 11.0. The first-order chi connectivity index (χ1) is 12.6. The van der Waals surface area contributed by atoms with Crippen molar-refractivity contribution in [2.45, 2.75) is 6.54 Å². The van der Waals surface area contributed by atoms with E-state index in [4.69, 9.17) is 0 Å². The summed E-state index contributed by atoms with van der Waals surface area (Å²) in [4.78, 5) is 12.3. The number of benzene rings is 2. The Kier molecular flexibility index (Phi) is 4.26. The average molecular weight is 365 g/mol. The van der Waals surface area contributed by atoms with E-state index in [-0.39, 0.29) is 11.6 Å². The molecule has 0 radical (unpaired) electrons. The van der Waals surface area contributed by atoms with Crippen LogP contribution in [0.25, 0.3) is 22.3 Å². The molecule has 0 bridgehead atoms. The zero-order valence-corrected chi connectivity index (χ0v) is 14.9. The number of anilines is 1. The van der Waals surface area contributed by atoms with Crippen LogP contribution in [0.1, 0.15) is 4.88 Å². The number of phenols is 1. The van der Waals surface area contributed by atoms with E-state index in [0.29, 0.717) is 34.7 Å². The summed E-state index contributed by atoms with van der Waals surface area (Å²) in [5.74, 6) is 0.819. The van der Waals surface area contributed by atoms with Crippen molar-refractivity contribution in [3.63, 3.8) is 0 Å². The first-order valence-electron chi connectivity index (χ1n) is 8.11. The molecule has 1 N–H and O–H groups in total. The molecule has 0 atom stereocenters. The molecule has 0 saturated carbocycles. The third-order valence-electron chi connectivity index (χ3n) is 4.12. The highest BCUT2D eigenvalue weighted by Gasteiger charge is 2.16. The van der Waals surface area contributed by atoms with E-state index in [0.717, 1.165) is 0 Å². The van der Waals surface area contributed by atoms with Crippen LogP contribution in [0.15, 0.2) is 60.0 Å². The van der Waals surface area contributed by atoms with Crippen LogP contribution in [0.3, 0.4) is 0 Å². The summed E-state index contributed by atoms with van der Waals surface area (Å²) in [5.41, 5.74) is 1.18. The van der Waals surface area contributed by atoms with Crippen LogP contribution in [0.2, 0.25) is 0 Å². The van der Waals surface area contributed by atoms with Gasteiger partial charge in [0, 0.05) is 17.3 Å². The van der Waals surface area contributed by atoms with Crippen molar-refractivity contribution in [1.29, 1.82) is 0 Å². The molecule has 2 aromatic heterocycles. The molecule has 0 amide bonds. The number of phenolic OH excluding ortho intramolecular Hbond substituents is 1. The van der Waals surface area contributed by atoms with Gasteiger partial charge in [0.15, 0.2) is 5.82 Å². The van der Waals surface area contributed by atoms with Gasteiger partial charge in [0.25, 0.3) is 0 Å². The van der Waals surface area contributed by atoms with Crippen LogP contribution in [0.5, 0.6) is 5.75 Å². The molecule has 0 aliphatic rings. The lowest BCUT2D eigenvalue weighted by Gasteiger charge is -2.20. The van der Waals surface area contributed by atoms with Crippen LogP contribution in [-0.4, -0.2) is 22.1 Å². The zero-order chi connectivity index (χ0) is 18.1. The van der Waals surface area contributed by atoms with E-state index in [1.54, 1.807) is 35.6 Å². The predicted molar refractivity (Wildman–Crippen MR) is 103 cm³/mol. The highest BCUT2D eigenvalue weighted by molar-refractivity contribution is 7.09. The topological polar surface area (TPSA) is 49.2 Å². The predicted octanol–water partition coefficient (Wildman–Crippen LogP) is 4.84. The molecule has 0 aliphatic carbocycles. The summed E-state index contributed by atoms with van der Waals surface area (Å²) in [6.07, 6.45) is 0. The van der Waals surface area contributed by atoms with Crippen LogP contribution < -0.4 is 4.90 Å². The zero-order valence-electron chi connectivity index (χ0n) is 14.1. The van der Waals surface area contributed by atoms with Crippen molar-refractivity contribution < 1.29 is 9.50 Å². The average Bonchev–Trinajstić information content (AvgIpc) is 3.14. The van der Waals surface area contributed by atoms with Gasteiger partial charge in [-0.25, -0.2) is 14.4 Å². The van der Waals surface area contributed by atoms with Crippen LogP contribution >= 0.6 is 11.3 Å². The molecule has 0 unspecified atom stereocenters. The molecule has 4 rings (SSSR count). The fourth-order valence-corrected chi connectivity index (χ4v) is 3.63. The summed E-state index contributed by atoms with van der Waals surface area (Å²) < 4.78 is 13.8. The summed E-state index contributed by atoms with van der Waals surface area (Å²) in [7, 11) is 1.92. The van der Waals surface area contributed by atoms with Gasteiger partial charge in [-0.2, -0.15) is 0 Å². The molecule has 4 nitrogen and oxygen atoms in total. The van der Waals surface area contributed by atoms with Gasteiger partial charge in [-0.1, -0.05) is 18.2 Å². The molecule has 6 heteroatoms. The molecule has 130 valence electrons. The number of para-hydroxylation sites is 1. The maximum atomic E-state index is 13.8. The number of aromatic hydroxyl groups is 1. The maximum Gasteiger partial charge on any atom is 0.165 e. The Bertz CT molecular complexity index is 1070. The largest absolute Gasteiger partial charge is 0.507 e. The van der Waals surface area contributed by atoms with E-state index >= 15 is 0 Å². The molecular weight excluding hydrogens is 349 g/mol. The summed E-state index contributed by atoms with van der Waals surface area (Å²) in [5, 5.41) is 12.8. The van der Waals surface area contributed by atoms with Gasteiger partial charge in [0.2, 0.25) is 0 Å². The van der Waals surface area contributed by atoms with E-state index in [9.17, 15) is 9.50 Å². The Morgan fingerprint density at radius 1 is 1.08 bits per heavy atom. The Balaban J connectivity index is 1.88. The van der Waals surface area contributed by atoms with Gasteiger partial charge in [0.1, 0.15) is 17.4 Å². The van der Waals surface area contributed by atoms with E-state index in [2.05, 4.69) is 16.0 Å². The molecule has 0 spiro atoms. The fraction of sp³-hybridized carbons (Fsp3) is 0.100. The maximum absolute atomic E-state index is 13.8. The number of rotatable bonds is 4. The molecule has 4 aromatic rings. The van der Waals surface area contributed by atoms with Crippen LogP contribution in [-0.2, 0) is 6.54 Å². The van der Waals surface area contributed by atoms with E-state index < -0.39 is 0 Å². The lowest BCUT2D eigenvalue weighted by atomic mass is 10.1. The third-order valence-corrected chi connectivity index (χ3v) is 4.98. The number of thiophene rings is 1. The van der Waals surface area contributed by atoms with Crippen LogP contribution in [0.4, 0.5) is 10.2 Å². The smallest absolute Gasteiger partial charge is 0.165 e. The number of halogens is 1. The summed E-state index contributed by atoms with van der Waals surface area (Å²) in [6, 6.07) is 15.5. The first kappa shape index (κ1) is 16.5. The van der Waals surface area contributed by atoms with Crippen molar-refractivity contribution in [3.8, 4) is 17.1 Å². The van der Waals surface area contributed by atoms with Gasteiger partial charge < -0.3 is 10.0 Å². The summed E-state index contributed by atoms with van der Waals surface area (Å²) in [6.45, 7) is 0.653. The second-order valence-electron chi connectivity index (χ2n) is 5.98. The monoisotopic (exact) mass is 365 g/mol. The van der Waals surface area contributed by atoms with Gasteiger partial charge in [0.05, 0.1) is 17.6 Å². The Hall–Kier alpha value is -2.99. The number of aromatic nitrogens is 2. The van der Waals surface area contributed by atoms with Crippen molar-refractivity contribution in [2.24, 2.45) is 0 Å². The molecule has 2 heterocycles. The molecule has 0 aliphatic heterocycles.